The smallest absolute Gasteiger partial charge is 0.165 e. The van der Waals surface area contributed by atoms with Crippen LogP contribution in [-0.2, 0) is 6.42 Å². The molecule has 6 heteroatoms. The molecule has 106 valence electrons. The zero-order chi connectivity index (χ0) is 14.7. The van der Waals surface area contributed by atoms with Gasteiger partial charge in [0, 0.05) is 5.02 Å². The summed E-state index contributed by atoms with van der Waals surface area (Å²) in [5.41, 5.74) is 9.25. The van der Waals surface area contributed by atoms with Crippen molar-refractivity contribution in [3.05, 3.63) is 64.9 Å². The third-order valence-corrected chi connectivity index (χ3v) is 3.66. The van der Waals surface area contributed by atoms with Gasteiger partial charge < -0.3 is 5.73 Å². The Hall–Kier alpha value is -2.24. The standard InChI is InChI=1S/C15H14ClN5/c16-13-8-11(10-4-2-1-3-5-10)6-7-12(13)9-14(17)15-18-20-21-19-15/h1-8,14H,9,17H2,(H,18,19,20,21)/t14-/m0/s1. The fourth-order valence-electron chi connectivity index (χ4n) is 2.18. The highest BCUT2D eigenvalue weighted by atomic mass is 35.5. The van der Waals surface area contributed by atoms with E-state index in [0.29, 0.717) is 17.3 Å². The minimum absolute atomic E-state index is 0.305. The van der Waals surface area contributed by atoms with Gasteiger partial charge in [-0.1, -0.05) is 54.1 Å². The van der Waals surface area contributed by atoms with Crippen LogP contribution in [0.2, 0.25) is 5.02 Å². The molecule has 1 heterocycles. The van der Waals surface area contributed by atoms with Crippen LogP contribution in [0.15, 0.2) is 48.5 Å². The second-order valence-corrected chi connectivity index (χ2v) is 5.18. The highest BCUT2D eigenvalue weighted by molar-refractivity contribution is 6.31. The number of aromatic nitrogens is 4. The van der Waals surface area contributed by atoms with Gasteiger partial charge in [0.2, 0.25) is 0 Å². The Labute approximate surface area is 127 Å². The predicted molar refractivity (Wildman–Crippen MR) is 81.7 cm³/mol. The van der Waals surface area contributed by atoms with Crippen LogP contribution in [0.3, 0.4) is 0 Å². The van der Waals surface area contributed by atoms with Crippen molar-refractivity contribution >= 4 is 11.6 Å². The summed E-state index contributed by atoms with van der Waals surface area (Å²) in [6.07, 6.45) is 0.574. The van der Waals surface area contributed by atoms with Gasteiger partial charge in [0.25, 0.3) is 0 Å². The number of H-pyrrole nitrogens is 1. The predicted octanol–water partition coefficient (Wildman–Crippen LogP) is 2.76. The first-order chi connectivity index (χ1) is 10.2. The molecule has 3 N–H and O–H groups in total. The third-order valence-electron chi connectivity index (χ3n) is 3.31. The lowest BCUT2D eigenvalue weighted by Crippen LogP contribution is -2.15. The van der Waals surface area contributed by atoms with Crippen LogP contribution in [0.25, 0.3) is 11.1 Å². The number of benzene rings is 2. The van der Waals surface area contributed by atoms with E-state index in [1.165, 1.54) is 0 Å². The van der Waals surface area contributed by atoms with Gasteiger partial charge in [0.05, 0.1) is 6.04 Å². The fourth-order valence-corrected chi connectivity index (χ4v) is 2.44. The summed E-state index contributed by atoms with van der Waals surface area (Å²) in [7, 11) is 0. The van der Waals surface area contributed by atoms with Crippen LogP contribution < -0.4 is 5.73 Å². The molecule has 0 aliphatic rings. The lowest BCUT2D eigenvalue weighted by atomic mass is 10.0. The fraction of sp³-hybridized carbons (Fsp3) is 0.133. The van der Waals surface area contributed by atoms with Crippen molar-refractivity contribution in [3.8, 4) is 11.1 Å². The summed E-state index contributed by atoms with van der Waals surface area (Å²) in [5.74, 6) is 0.554. The first-order valence-electron chi connectivity index (χ1n) is 6.57. The third kappa shape index (κ3) is 3.09. The maximum Gasteiger partial charge on any atom is 0.165 e. The molecule has 3 aromatic rings. The van der Waals surface area contributed by atoms with Gasteiger partial charge in [-0.05, 0) is 39.6 Å². The van der Waals surface area contributed by atoms with Crippen LogP contribution in [0, 0.1) is 0 Å². The van der Waals surface area contributed by atoms with E-state index in [1.54, 1.807) is 0 Å². The van der Waals surface area contributed by atoms with E-state index in [9.17, 15) is 0 Å². The van der Waals surface area contributed by atoms with Gasteiger partial charge in [0.1, 0.15) is 0 Å². The van der Waals surface area contributed by atoms with Crippen LogP contribution in [-0.4, -0.2) is 20.6 Å². The second-order valence-electron chi connectivity index (χ2n) is 4.77. The molecule has 0 bridgehead atoms. The van der Waals surface area contributed by atoms with Crippen molar-refractivity contribution in [1.82, 2.24) is 20.6 Å². The van der Waals surface area contributed by atoms with Crippen molar-refractivity contribution in [2.24, 2.45) is 5.73 Å². The summed E-state index contributed by atoms with van der Waals surface area (Å²) < 4.78 is 0. The number of tetrazole rings is 1. The molecule has 1 aromatic heterocycles. The number of hydrogen-bond donors (Lipinski definition) is 2. The molecule has 0 saturated heterocycles. The van der Waals surface area contributed by atoms with Crippen LogP contribution in [0.1, 0.15) is 17.4 Å². The minimum Gasteiger partial charge on any atom is -0.321 e. The Bertz CT molecular complexity index is 712. The van der Waals surface area contributed by atoms with E-state index >= 15 is 0 Å². The van der Waals surface area contributed by atoms with Gasteiger partial charge in [-0.2, -0.15) is 0 Å². The summed E-state index contributed by atoms with van der Waals surface area (Å²) in [4.78, 5) is 0. The number of aromatic amines is 1. The molecular weight excluding hydrogens is 286 g/mol. The molecule has 5 nitrogen and oxygen atoms in total. The van der Waals surface area contributed by atoms with Crippen molar-refractivity contribution in [2.45, 2.75) is 12.5 Å². The summed E-state index contributed by atoms with van der Waals surface area (Å²) in [6.45, 7) is 0. The average Bonchev–Trinajstić information content (AvgIpc) is 3.04. The van der Waals surface area contributed by atoms with E-state index in [4.69, 9.17) is 17.3 Å². The Morgan fingerprint density at radius 2 is 1.90 bits per heavy atom. The normalized spacial score (nSPS) is 12.3. The molecule has 0 unspecified atom stereocenters. The zero-order valence-electron chi connectivity index (χ0n) is 11.2. The molecule has 0 amide bonds. The highest BCUT2D eigenvalue weighted by Crippen LogP contribution is 2.27. The van der Waals surface area contributed by atoms with Crippen molar-refractivity contribution in [3.63, 3.8) is 0 Å². The Balaban J connectivity index is 1.82. The lowest BCUT2D eigenvalue weighted by molar-refractivity contribution is 0.669. The number of nitrogens with one attached hydrogen (secondary N) is 1. The SMILES string of the molecule is N[C@@H](Cc1ccc(-c2ccccc2)cc1Cl)c1nnn[nH]1. The minimum atomic E-state index is -0.305. The van der Waals surface area contributed by atoms with E-state index < -0.39 is 0 Å². The van der Waals surface area contributed by atoms with Gasteiger partial charge >= 0.3 is 0 Å². The molecule has 0 saturated carbocycles. The summed E-state index contributed by atoms with van der Waals surface area (Å²) in [5, 5.41) is 14.2. The Kier molecular flexibility index (Phi) is 3.94. The van der Waals surface area contributed by atoms with Crippen molar-refractivity contribution in [1.29, 1.82) is 0 Å². The molecule has 21 heavy (non-hydrogen) atoms. The maximum absolute atomic E-state index is 6.37. The summed E-state index contributed by atoms with van der Waals surface area (Å²) in [6, 6.07) is 15.8. The van der Waals surface area contributed by atoms with E-state index in [1.807, 2.05) is 36.4 Å². The van der Waals surface area contributed by atoms with Gasteiger partial charge in [-0.3, -0.25) is 0 Å². The first-order valence-corrected chi connectivity index (χ1v) is 6.95. The molecule has 0 aliphatic heterocycles. The first kappa shape index (κ1) is 13.7. The highest BCUT2D eigenvalue weighted by Gasteiger charge is 2.13. The molecule has 0 radical (unpaired) electrons. The zero-order valence-corrected chi connectivity index (χ0v) is 12.0. The lowest BCUT2D eigenvalue weighted by Gasteiger charge is -2.11. The van der Waals surface area contributed by atoms with E-state index in [0.717, 1.165) is 16.7 Å². The quantitative estimate of drug-likeness (QED) is 0.776. The monoisotopic (exact) mass is 299 g/mol. The molecule has 0 spiro atoms. The number of rotatable bonds is 4. The number of nitrogens with two attached hydrogens (primary N) is 1. The summed E-state index contributed by atoms with van der Waals surface area (Å²) >= 11 is 6.37. The molecule has 0 aliphatic carbocycles. The second kappa shape index (κ2) is 6.03. The van der Waals surface area contributed by atoms with E-state index in [2.05, 4.69) is 32.8 Å². The molecule has 0 fully saturated rings. The number of hydrogen-bond acceptors (Lipinski definition) is 4. The van der Waals surface area contributed by atoms with Crippen molar-refractivity contribution in [2.75, 3.05) is 0 Å². The number of nitrogens with zero attached hydrogens (tertiary/aromatic N) is 3. The van der Waals surface area contributed by atoms with Gasteiger partial charge in [-0.15, -0.1) is 5.10 Å². The topological polar surface area (TPSA) is 80.5 Å². The van der Waals surface area contributed by atoms with Gasteiger partial charge in [0.15, 0.2) is 5.82 Å². The maximum atomic E-state index is 6.37. The van der Waals surface area contributed by atoms with E-state index in [-0.39, 0.29) is 6.04 Å². The van der Waals surface area contributed by atoms with Crippen molar-refractivity contribution < 1.29 is 0 Å². The Morgan fingerprint density at radius 3 is 2.57 bits per heavy atom. The molecule has 3 rings (SSSR count). The van der Waals surface area contributed by atoms with Crippen LogP contribution >= 0.6 is 11.6 Å². The molecule has 2 aromatic carbocycles. The molecular formula is C15H14ClN5. The average molecular weight is 300 g/mol. The Morgan fingerprint density at radius 1 is 1.10 bits per heavy atom. The largest absolute Gasteiger partial charge is 0.321 e. The number of halogens is 1. The molecule has 1 atom stereocenters. The van der Waals surface area contributed by atoms with Crippen LogP contribution in [0.4, 0.5) is 0 Å². The van der Waals surface area contributed by atoms with Crippen LogP contribution in [0.5, 0.6) is 0 Å². The van der Waals surface area contributed by atoms with Gasteiger partial charge in [-0.25, -0.2) is 5.10 Å².